The molecule has 24 heavy (non-hydrogen) atoms. The van der Waals surface area contributed by atoms with Gasteiger partial charge in [-0.3, -0.25) is 14.7 Å². The van der Waals surface area contributed by atoms with Crippen molar-refractivity contribution in [1.29, 1.82) is 0 Å². The Morgan fingerprint density at radius 1 is 1.25 bits per heavy atom. The minimum atomic E-state index is 0.00642. The van der Waals surface area contributed by atoms with Gasteiger partial charge in [0.25, 0.3) is 5.91 Å². The summed E-state index contributed by atoms with van der Waals surface area (Å²) < 4.78 is 5.18. The molecule has 2 aromatic rings. The van der Waals surface area contributed by atoms with Crippen molar-refractivity contribution in [3.05, 3.63) is 48.4 Å². The molecule has 2 aromatic heterocycles. The molecule has 0 bridgehead atoms. The smallest absolute Gasteiger partial charge is 0.274 e. The summed E-state index contributed by atoms with van der Waals surface area (Å²) >= 11 is 0. The number of carbonyl (C=O) groups excluding carboxylic acids is 1. The van der Waals surface area contributed by atoms with Crippen molar-refractivity contribution in [3.63, 3.8) is 0 Å². The standard InChI is InChI=1S/C18H22N4O2/c23-17(16-10-19-5-6-20-16)22-8-4-18(14-22)3-1-7-21(13-18)11-15-2-9-24-12-15/h2,5-6,9-10,12H,1,3-4,7-8,11,13-14H2/t18-/m1/s1. The zero-order valence-electron chi connectivity index (χ0n) is 13.7. The van der Waals surface area contributed by atoms with Gasteiger partial charge in [0, 0.05) is 49.6 Å². The molecule has 2 saturated heterocycles. The van der Waals surface area contributed by atoms with E-state index in [1.807, 2.05) is 17.2 Å². The number of hydrogen-bond acceptors (Lipinski definition) is 5. The normalized spacial score (nSPS) is 24.6. The van der Waals surface area contributed by atoms with Crippen LogP contribution >= 0.6 is 0 Å². The van der Waals surface area contributed by atoms with Gasteiger partial charge in [0.05, 0.1) is 18.7 Å². The molecule has 0 saturated carbocycles. The van der Waals surface area contributed by atoms with Crippen LogP contribution < -0.4 is 0 Å². The third-order valence-corrected chi connectivity index (χ3v) is 5.23. The van der Waals surface area contributed by atoms with Crippen LogP contribution in [0.2, 0.25) is 0 Å². The van der Waals surface area contributed by atoms with Crippen LogP contribution in [0.25, 0.3) is 0 Å². The fourth-order valence-electron chi connectivity index (χ4n) is 4.10. The van der Waals surface area contributed by atoms with Gasteiger partial charge in [-0.05, 0) is 31.9 Å². The van der Waals surface area contributed by atoms with Crippen LogP contribution in [0, 0.1) is 5.41 Å². The molecule has 6 nitrogen and oxygen atoms in total. The lowest BCUT2D eigenvalue weighted by molar-refractivity contribution is 0.0670. The van der Waals surface area contributed by atoms with E-state index in [2.05, 4.69) is 14.9 Å². The van der Waals surface area contributed by atoms with E-state index in [4.69, 9.17) is 4.42 Å². The predicted molar refractivity (Wildman–Crippen MR) is 88.2 cm³/mol. The second-order valence-corrected chi connectivity index (χ2v) is 7.01. The largest absolute Gasteiger partial charge is 0.472 e. The highest BCUT2D eigenvalue weighted by Crippen LogP contribution is 2.39. The fraction of sp³-hybridized carbons (Fsp3) is 0.500. The Morgan fingerprint density at radius 3 is 3.00 bits per heavy atom. The van der Waals surface area contributed by atoms with Gasteiger partial charge in [-0.25, -0.2) is 4.98 Å². The number of carbonyl (C=O) groups is 1. The van der Waals surface area contributed by atoms with Gasteiger partial charge >= 0.3 is 0 Å². The van der Waals surface area contributed by atoms with E-state index in [1.54, 1.807) is 24.9 Å². The summed E-state index contributed by atoms with van der Waals surface area (Å²) in [7, 11) is 0. The molecule has 1 atom stereocenters. The number of likely N-dealkylation sites (tertiary alicyclic amines) is 2. The lowest BCUT2D eigenvalue weighted by Gasteiger charge is -2.40. The van der Waals surface area contributed by atoms with Crippen molar-refractivity contribution in [1.82, 2.24) is 19.8 Å². The van der Waals surface area contributed by atoms with E-state index < -0.39 is 0 Å². The third-order valence-electron chi connectivity index (χ3n) is 5.23. The highest BCUT2D eigenvalue weighted by atomic mass is 16.3. The SMILES string of the molecule is O=C(c1cnccn1)N1CC[C@@]2(CCCN(Cc3ccoc3)C2)C1. The molecule has 1 amide bonds. The Bertz CT molecular complexity index is 688. The Hall–Kier alpha value is -2.21. The first kappa shape index (κ1) is 15.3. The molecule has 0 radical (unpaired) electrons. The van der Waals surface area contributed by atoms with E-state index in [9.17, 15) is 4.79 Å². The van der Waals surface area contributed by atoms with E-state index in [0.717, 1.165) is 39.1 Å². The summed E-state index contributed by atoms with van der Waals surface area (Å²) in [6.45, 7) is 4.73. The van der Waals surface area contributed by atoms with Crippen LogP contribution in [0.4, 0.5) is 0 Å². The van der Waals surface area contributed by atoms with E-state index in [1.165, 1.54) is 18.4 Å². The second-order valence-electron chi connectivity index (χ2n) is 7.01. The van der Waals surface area contributed by atoms with E-state index >= 15 is 0 Å². The molecule has 1 spiro atoms. The Balaban J connectivity index is 1.42. The first-order valence-corrected chi connectivity index (χ1v) is 8.53. The molecule has 0 aliphatic carbocycles. The summed E-state index contributed by atoms with van der Waals surface area (Å²) in [4.78, 5) is 25.2. The minimum absolute atomic E-state index is 0.00642. The van der Waals surface area contributed by atoms with Gasteiger partial charge < -0.3 is 9.32 Å². The van der Waals surface area contributed by atoms with Gasteiger partial charge in [0.15, 0.2) is 0 Å². The summed E-state index contributed by atoms with van der Waals surface area (Å²) in [5, 5.41) is 0. The number of piperidine rings is 1. The number of rotatable bonds is 3. The summed E-state index contributed by atoms with van der Waals surface area (Å²) in [6, 6.07) is 2.03. The highest BCUT2D eigenvalue weighted by molar-refractivity contribution is 5.92. The monoisotopic (exact) mass is 326 g/mol. The average molecular weight is 326 g/mol. The number of hydrogen-bond donors (Lipinski definition) is 0. The Kier molecular flexibility index (Phi) is 4.06. The van der Waals surface area contributed by atoms with Crippen molar-refractivity contribution in [3.8, 4) is 0 Å². The molecule has 0 N–H and O–H groups in total. The number of nitrogens with zero attached hydrogens (tertiary/aromatic N) is 4. The van der Waals surface area contributed by atoms with Crippen LogP contribution in [0.5, 0.6) is 0 Å². The molecule has 4 rings (SSSR count). The van der Waals surface area contributed by atoms with E-state index in [0.29, 0.717) is 5.69 Å². The average Bonchev–Trinajstić information content (AvgIpc) is 3.26. The molecule has 2 aliphatic heterocycles. The zero-order valence-corrected chi connectivity index (χ0v) is 13.7. The molecule has 126 valence electrons. The lowest BCUT2D eigenvalue weighted by atomic mass is 9.79. The Labute approximate surface area is 141 Å². The van der Waals surface area contributed by atoms with E-state index in [-0.39, 0.29) is 11.3 Å². The predicted octanol–water partition coefficient (Wildman–Crippen LogP) is 2.20. The number of furan rings is 1. The quantitative estimate of drug-likeness (QED) is 0.865. The van der Waals surface area contributed by atoms with Crippen molar-refractivity contribution < 1.29 is 9.21 Å². The van der Waals surface area contributed by atoms with Gasteiger partial charge in [0.1, 0.15) is 5.69 Å². The van der Waals surface area contributed by atoms with Gasteiger partial charge in [0.2, 0.25) is 0 Å². The zero-order chi connectivity index (χ0) is 16.4. The first-order valence-electron chi connectivity index (χ1n) is 8.53. The molecular weight excluding hydrogens is 304 g/mol. The molecular formula is C18H22N4O2. The lowest BCUT2D eigenvalue weighted by Crippen LogP contribution is -2.45. The number of amides is 1. The van der Waals surface area contributed by atoms with Gasteiger partial charge in [-0.2, -0.15) is 0 Å². The van der Waals surface area contributed by atoms with Crippen LogP contribution in [-0.4, -0.2) is 51.9 Å². The molecule has 0 unspecified atom stereocenters. The minimum Gasteiger partial charge on any atom is -0.472 e. The van der Waals surface area contributed by atoms with Gasteiger partial charge in [-0.15, -0.1) is 0 Å². The molecule has 6 heteroatoms. The maximum Gasteiger partial charge on any atom is 0.274 e. The summed E-state index contributed by atoms with van der Waals surface area (Å²) in [5.74, 6) is 0.00642. The fourth-order valence-corrected chi connectivity index (χ4v) is 4.10. The molecule has 4 heterocycles. The Morgan fingerprint density at radius 2 is 2.21 bits per heavy atom. The van der Waals surface area contributed by atoms with Crippen LogP contribution in [0.1, 0.15) is 35.3 Å². The van der Waals surface area contributed by atoms with Crippen LogP contribution in [0.15, 0.2) is 41.6 Å². The molecule has 2 fully saturated rings. The second kappa shape index (κ2) is 6.36. The summed E-state index contributed by atoms with van der Waals surface area (Å²) in [6.07, 6.45) is 11.7. The van der Waals surface area contributed by atoms with Crippen molar-refractivity contribution in [2.24, 2.45) is 5.41 Å². The van der Waals surface area contributed by atoms with Crippen molar-refractivity contribution >= 4 is 5.91 Å². The topological polar surface area (TPSA) is 62.5 Å². The maximum absolute atomic E-state index is 12.6. The highest BCUT2D eigenvalue weighted by Gasteiger charge is 2.43. The number of aromatic nitrogens is 2. The summed E-state index contributed by atoms with van der Waals surface area (Å²) in [5.41, 5.74) is 1.89. The molecule has 0 aromatic carbocycles. The molecule has 2 aliphatic rings. The third kappa shape index (κ3) is 3.06. The maximum atomic E-state index is 12.6. The van der Waals surface area contributed by atoms with Gasteiger partial charge in [-0.1, -0.05) is 0 Å². The van der Waals surface area contributed by atoms with Crippen LogP contribution in [-0.2, 0) is 6.54 Å². The van der Waals surface area contributed by atoms with Crippen molar-refractivity contribution in [2.45, 2.75) is 25.8 Å². The van der Waals surface area contributed by atoms with Crippen molar-refractivity contribution in [2.75, 3.05) is 26.2 Å². The first-order chi connectivity index (χ1) is 11.7. The van der Waals surface area contributed by atoms with Crippen LogP contribution in [0.3, 0.4) is 0 Å².